The van der Waals surface area contributed by atoms with Crippen molar-refractivity contribution in [3.63, 3.8) is 0 Å². The van der Waals surface area contributed by atoms with Crippen molar-refractivity contribution in [2.75, 3.05) is 42.3 Å². The summed E-state index contributed by atoms with van der Waals surface area (Å²) >= 11 is 0. The molecular weight excluding hydrogens is 417 g/mol. The minimum absolute atomic E-state index is 0.0177. The summed E-state index contributed by atoms with van der Waals surface area (Å²) < 4.78 is 47.2. The average Bonchev–Trinajstić information content (AvgIpc) is 3.41. The van der Waals surface area contributed by atoms with E-state index in [1.165, 1.54) is 0 Å². The third-order valence-electron chi connectivity index (χ3n) is 4.60. The van der Waals surface area contributed by atoms with E-state index in [1.54, 1.807) is 16.8 Å². The van der Waals surface area contributed by atoms with E-state index in [0.29, 0.717) is 18.9 Å². The number of alkyl halides is 3. The highest BCUT2D eigenvalue weighted by molar-refractivity contribution is 5.59. The third kappa shape index (κ3) is 4.99. The quantitative estimate of drug-likeness (QED) is 0.617. The van der Waals surface area contributed by atoms with Gasteiger partial charge in [0.1, 0.15) is 6.61 Å². The molecule has 2 N–H and O–H groups in total. The van der Waals surface area contributed by atoms with Gasteiger partial charge in [-0.25, -0.2) is 0 Å². The van der Waals surface area contributed by atoms with Crippen LogP contribution in [0.3, 0.4) is 0 Å². The molecule has 4 rings (SSSR count). The maximum atomic E-state index is 12.3. The van der Waals surface area contributed by atoms with Crippen molar-refractivity contribution < 1.29 is 22.4 Å². The maximum absolute atomic E-state index is 12.3. The maximum Gasteiger partial charge on any atom is 0.411 e. The molecule has 0 unspecified atom stereocenters. The minimum atomic E-state index is -4.37. The number of aromatic nitrogens is 5. The Kier molecular flexibility index (Phi) is 5.59. The third-order valence-corrected chi connectivity index (χ3v) is 4.60. The molecule has 0 radical (unpaired) electrons. The van der Waals surface area contributed by atoms with Crippen molar-refractivity contribution in [2.24, 2.45) is 0 Å². The molecule has 3 aromatic rings. The molecule has 0 spiro atoms. The van der Waals surface area contributed by atoms with Crippen LogP contribution in [-0.4, -0.2) is 64.1 Å². The zero-order valence-corrected chi connectivity index (χ0v) is 16.5. The Morgan fingerprint density at radius 1 is 1.16 bits per heavy atom. The van der Waals surface area contributed by atoms with Gasteiger partial charge in [0.2, 0.25) is 23.5 Å². The second-order valence-electron chi connectivity index (χ2n) is 6.90. The fourth-order valence-electron chi connectivity index (χ4n) is 3.08. The van der Waals surface area contributed by atoms with E-state index < -0.39 is 18.9 Å². The Bertz CT molecular complexity index is 1030. The first kappa shape index (κ1) is 20.8. The SMILES string of the molecule is CN(c1ccccc1)c1nc(N)nc(-c2noc(N3CC[C@H](OCC(F)(F)F)C3)n2)n1. The first-order chi connectivity index (χ1) is 14.8. The Labute approximate surface area is 174 Å². The Balaban J connectivity index is 1.49. The number of nitrogen functional groups attached to an aromatic ring is 1. The molecule has 0 amide bonds. The molecule has 0 saturated carbocycles. The summed E-state index contributed by atoms with van der Waals surface area (Å²) in [7, 11) is 1.78. The van der Waals surface area contributed by atoms with Crippen molar-refractivity contribution >= 4 is 23.6 Å². The van der Waals surface area contributed by atoms with E-state index in [-0.39, 0.29) is 30.2 Å². The number of para-hydroxylation sites is 1. The summed E-state index contributed by atoms with van der Waals surface area (Å²) in [5, 5.41) is 3.88. The predicted molar refractivity (Wildman–Crippen MR) is 105 cm³/mol. The zero-order valence-electron chi connectivity index (χ0n) is 16.5. The van der Waals surface area contributed by atoms with E-state index in [2.05, 4.69) is 25.1 Å². The molecule has 1 saturated heterocycles. The lowest BCUT2D eigenvalue weighted by Gasteiger charge is -2.17. The summed E-state index contributed by atoms with van der Waals surface area (Å²) in [6, 6.07) is 9.57. The Morgan fingerprint density at radius 2 is 1.94 bits per heavy atom. The standard InChI is InChI=1S/C18H19F3N8O2/c1-28(11-5-3-2-4-6-11)16-24-13(23-15(22)26-16)14-25-17(31-27-14)29-8-7-12(9-29)30-10-18(19,20)21/h2-6,12H,7-10H2,1H3,(H2,22,23,24,26)/t12-/m0/s1. The number of ether oxygens (including phenoxy) is 1. The molecule has 1 aliphatic heterocycles. The molecule has 10 nitrogen and oxygen atoms in total. The molecule has 0 bridgehead atoms. The molecule has 0 aliphatic carbocycles. The summed E-state index contributed by atoms with van der Waals surface area (Å²) in [6.45, 7) is -0.660. The van der Waals surface area contributed by atoms with Crippen LogP contribution in [0.25, 0.3) is 11.6 Å². The van der Waals surface area contributed by atoms with Crippen molar-refractivity contribution in [3.8, 4) is 11.6 Å². The summed E-state index contributed by atoms with van der Waals surface area (Å²) in [6.07, 6.45) is -4.52. The van der Waals surface area contributed by atoms with Gasteiger partial charge in [-0.1, -0.05) is 23.4 Å². The minimum Gasteiger partial charge on any atom is -0.368 e. The first-order valence-electron chi connectivity index (χ1n) is 9.36. The van der Waals surface area contributed by atoms with Gasteiger partial charge >= 0.3 is 12.2 Å². The topological polar surface area (TPSA) is 119 Å². The molecule has 1 aliphatic rings. The highest BCUT2D eigenvalue weighted by atomic mass is 19.4. The van der Waals surface area contributed by atoms with Crippen LogP contribution < -0.4 is 15.5 Å². The number of benzene rings is 1. The normalized spacial score (nSPS) is 16.6. The number of nitrogens with two attached hydrogens (primary N) is 1. The number of nitrogens with zero attached hydrogens (tertiary/aromatic N) is 7. The van der Waals surface area contributed by atoms with Gasteiger partial charge in [0, 0.05) is 25.8 Å². The fraction of sp³-hybridized carbons (Fsp3) is 0.389. The van der Waals surface area contributed by atoms with Crippen LogP contribution in [0.4, 0.5) is 36.8 Å². The lowest BCUT2D eigenvalue weighted by Crippen LogP contribution is -2.27. The van der Waals surface area contributed by atoms with Crippen LogP contribution in [0, 0.1) is 0 Å². The van der Waals surface area contributed by atoms with Gasteiger partial charge in [-0.05, 0) is 18.6 Å². The largest absolute Gasteiger partial charge is 0.411 e. The van der Waals surface area contributed by atoms with Crippen molar-refractivity contribution in [1.82, 2.24) is 25.1 Å². The van der Waals surface area contributed by atoms with Gasteiger partial charge in [-0.15, -0.1) is 0 Å². The van der Waals surface area contributed by atoms with Gasteiger partial charge in [0.25, 0.3) is 0 Å². The fourth-order valence-corrected chi connectivity index (χ4v) is 3.08. The summed E-state index contributed by atoms with van der Waals surface area (Å²) in [5.74, 6) is 0.480. The monoisotopic (exact) mass is 436 g/mol. The second-order valence-corrected chi connectivity index (χ2v) is 6.90. The number of anilines is 4. The Morgan fingerprint density at radius 3 is 2.68 bits per heavy atom. The van der Waals surface area contributed by atoms with Crippen LogP contribution >= 0.6 is 0 Å². The second kappa shape index (κ2) is 8.34. The van der Waals surface area contributed by atoms with E-state index in [9.17, 15) is 13.2 Å². The summed E-state index contributed by atoms with van der Waals surface area (Å²) in [5.41, 5.74) is 6.68. The molecule has 13 heteroatoms. The molecule has 2 aromatic heterocycles. The van der Waals surface area contributed by atoms with Crippen molar-refractivity contribution in [3.05, 3.63) is 30.3 Å². The van der Waals surface area contributed by atoms with Crippen LogP contribution in [0.5, 0.6) is 0 Å². The molecule has 1 fully saturated rings. The molecule has 1 aromatic carbocycles. The number of hydrogen-bond acceptors (Lipinski definition) is 10. The van der Waals surface area contributed by atoms with E-state index in [0.717, 1.165) is 5.69 Å². The van der Waals surface area contributed by atoms with Gasteiger partial charge in [0.05, 0.1) is 6.10 Å². The number of halogens is 3. The van der Waals surface area contributed by atoms with Gasteiger partial charge in [-0.3, -0.25) is 0 Å². The lowest BCUT2D eigenvalue weighted by molar-refractivity contribution is -0.183. The van der Waals surface area contributed by atoms with Gasteiger partial charge < -0.3 is 24.8 Å². The Hall–Kier alpha value is -3.48. The number of hydrogen-bond donors (Lipinski definition) is 1. The van der Waals surface area contributed by atoms with Gasteiger partial charge in [0.15, 0.2) is 0 Å². The van der Waals surface area contributed by atoms with E-state index in [1.807, 2.05) is 30.3 Å². The molecular formula is C18H19F3N8O2. The van der Waals surface area contributed by atoms with Crippen molar-refractivity contribution in [2.45, 2.75) is 18.7 Å². The summed E-state index contributed by atoms with van der Waals surface area (Å²) in [4.78, 5) is 20.2. The van der Waals surface area contributed by atoms with E-state index >= 15 is 0 Å². The highest BCUT2D eigenvalue weighted by Crippen LogP contribution is 2.26. The lowest BCUT2D eigenvalue weighted by atomic mass is 10.3. The van der Waals surface area contributed by atoms with Crippen LogP contribution in [-0.2, 0) is 4.74 Å². The van der Waals surface area contributed by atoms with E-state index in [4.69, 9.17) is 15.0 Å². The van der Waals surface area contributed by atoms with Crippen LogP contribution in [0.2, 0.25) is 0 Å². The molecule has 164 valence electrons. The molecule has 31 heavy (non-hydrogen) atoms. The number of rotatable bonds is 6. The van der Waals surface area contributed by atoms with Crippen LogP contribution in [0.15, 0.2) is 34.9 Å². The first-order valence-corrected chi connectivity index (χ1v) is 9.36. The zero-order chi connectivity index (χ0) is 22.0. The van der Waals surface area contributed by atoms with Gasteiger partial charge in [-0.2, -0.15) is 33.1 Å². The van der Waals surface area contributed by atoms with Crippen LogP contribution in [0.1, 0.15) is 6.42 Å². The average molecular weight is 436 g/mol. The molecule has 1 atom stereocenters. The smallest absolute Gasteiger partial charge is 0.368 e. The molecule has 3 heterocycles. The van der Waals surface area contributed by atoms with Crippen molar-refractivity contribution in [1.29, 1.82) is 0 Å². The highest BCUT2D eigenvalue weighted by Gasteiger charge is 2.33. The predicted octanol–water partition coefficient (Wildman–Crippen LogP) is 2.43.